The van der Waals surface area contributed by atoms with Crippen LogP contribution in [-0.4, -0.2) is 5.60 Å². The first-order chi connectivity index (χ1) is 5.37. The zero-order valence-corrected chi connectivity index (χ0v) is 7.86. The van der Waals surface area contributed by atoms with Gasteiger partial charge in [0, 0.05) is 0 Å². The lowest BCUT2D eigenvalue weighted by Gasteiger charge is -2.22. The third kappa shape index (κ3) is 4.72. The fraction of sp³-hybridized carbons (Fsp3) is 0.400. The summed E-state index contributed by atoms with van der Waals surface area (Å²) < 4.78 is 17.9. The van der Waals surface area contributed by atoms with Crippen molar-refractivity contribution in [1.82, 2.24) is 0 Å². The van der Waals surface area contributed by atoms with E-state index in [-0.39, 0.29) is 5.76 Å². The monoisotopic (exact) mass is 170 g/mol. The summed E-state index contributed by atoms with van der Waals surface area (Å²) in [6, 6.07) is 0. The molecule has 0 aromatic rings. The molecule has 0 atom stereocenters. The van der Waals surface area contributed by atoms with Gasteiger partial charge in [0.15, 0.2) is 11.6 Å². The fourth-order valence-electron chi connectivity index (χ4n) is 0.617. The fourth-order valence-corrected chi connectivity index (χ4v) is 0.617. The van der Waals surface area contributed by atoms with Gasteiger partial charge < -0.3 is 4.74 Å². The topological polar surface area (TPSA) is 9.23 Å². The molecule has 0 saturated heterocycles. The molecule has 0 spiro atoms. The molecule has 0 heterocycles. The normalized spacial score (nSPS) is 12.5. The van der Waals surface area contributed by atoms with E-state index < -0.39 is 11.4 Å². The lowest BCUT2D eigenvalue weighted by Crippen LogP contribution is -2.18. The van der Waals surface area contributed by atoms with Gasteiger partial charge in [-0.05, 0) is 26.8 Å². The number of allylic oxidation sites excluding steroid dienone is 3. The Bertz CT molecular complexity index is 208. The van der Waals surface area contributed by atoms with Crippen LogP contribution < -0.4 is 0 Å². The summed E-state index contributed by atoms with van der Waals surface area (Å²) in [7, 11) is 0. The predicted molar refractivity (Wildman–Crippen MR) is 49.4 cm³/mol. The van der Waals surface area contributed by atoms with E-state index in [0.29, 0.717) is 0 Å². The minimum Gasteiger partial charge on any atom is -0.485 e. The smallest absolute Gasteiger partial charge is 0.157 e. The van der Waals surface area contributed by atoms with E-state index in [1.54, 1.807) is 0 Å². The van der Waals surface area contributed by atoms with Crippen LogP contribution in [0.25, 0.3) is 0 Å². The Morgan fingerprint density at radius 3 is 2.17 bits per heavy atom. The van der Waals surface area contributed by atoms with Crippen molar-refractivity contribution in [3.8, 4) is 0 Å². The van der Waals surface area contributed by atoms with Crippen molar-refractivity contribution in [3.63, 3.8) is 0 Å². The van der Waals surface area contributed by atoms with Crippen LogP contribution in [0.2, 0.25) is 0 Å². The van der Waals surface area contributed by atoms with Crippen LogP contribution in [0, 0.1) is 0 Å². The van der Waals surface area contributed by atoms with Crippen LogP contribution in [0.3, 0.4) is 0 Å². The maximum Gasteiger partial charge on any atom is 0.157 e. The minimum atomic E-state index is -0.579. The van der Waals surface area contributed by atoms with Gasteiger partial charge in [-0.1, -0.05) is 19.2 Å². The number of hydrogen-bond acceptors (Lipinski definition) is 1. The second-order valence-electron chi connectivity index (χ2n) is 3.39. The summed E-state index contributed by atoms with van der Waals surface area (Å²) in [5.74, 6) is -0.442. The Kier molecular flexibility index (Phi) is 3.74. The Hall–Kier alpha value is -1.05. The molecule has 0 radical (unpaired) electrons. The standard InChI is InChI=1S/C10H15FO/c1-6-7-9(8(2)11)12-10(3,4)5/h6-7H,1-2H2,3-5H3/b9-7+. The molecule has 0 N–H and O–H groups in total. The summed E-state index contributed by atoms with van der Waals surface area (Å²) in [6.07, 6.45) is 2.92. The van der Waals surface area contributed by atoms with Crippen molar-refractivity contribution in [2.75, 3.05) is 0 Å². The van der Waals surface area contributed by atoms with E-state index in [1.807, 2.05) is 20.8 Å². The van der Waals surface area contributed by atoms with Crippen molar-refractivity contribution >= 4 is 0 Å². The van der Waals surface area contributed by atoms with Crippen LogP contribution in [0.4, 0.5) is 4.39 Å². The second-order valence-corrected chi connectivity index (χ2v) is 3.39. The zero-order chi connectivity index (χ0) is 9.78. The van der Waals surface area contributed by atoms with Crippen LogP contribution in [0.1, 0.15) is 20.8 Å². The van der Waals surface area contributed by atoms with E-state index in [0.717, 1.165) is 0 Å². The molecule has 12 heavy (non-hydrogen) atoms. The van der Waals surface area contributed by atoms with Crippen molar-refractivity contribution in [2.45, 2.75) is 26.4 Å². The zero-order valence-electron chi connectivity index (χ0n) is 7.86. The Morgan fingerprint density at radius 2 is 1.92 bits per heavy atom. The molecule has 0 aliphatic rings. The van der Waals surface area contributed by atoms with E-state index in [2.05, 4.69) is 13.2 Å². The molecule has 0 unspecified atom stereocenters. The molecule has 2 heteroatoms. The van der Waals surface area contributed by atoms with Gasteiger partial charge in [0.2, 0.25) is 0 Å². The molecular formula is C10H15FO. The average Bonchev–Trinajstić information content (AvgIpc) is 1.83. The van der Waals surface area contributed by atoms with Crippen LogP contribution in [0.15, 0.2) is 36.9 Å². The van der Waals surface area contributed by atoms with E-state index in [9.17, 15) is 4.39 Å². The van der Waals surface area contributed by atoms with E-state index in [1.165, 1.54) is 12.2 Å². The van der Waals surface area contributed by atoms with Gasteiger partial charge in [-0.3, -0.25) is 0 Å². The second kappa shape index (κ2) is 4.10. The van der Waals surface area contributed by atoms with Crippen molar-refractivity contribution in [1.29, 1.82) is 0 Å². The first-order valence-electron chi connectivity index (χ1n) is 3.73. The number of hydrogen-bond donors (Lipinski definition) is 0. The third-order valence-electron chi connectivity index (χ3n) is 0.953. The number of ether oxygens (including phenoxy) is 1. The molecule has 0 aliphatic heterocycles. The Morgan fingerprint density at radius 1 is 1.42 bits per heavy atom. The van der Waals surface area contributed by atoms with Gasteiger partial charge in [-0.2, -0.15) is 0 Å². The van der Waals surface area contributed by atoms with Crippen LogP contribution in [0.5, 0.6) is 0 Å². The summed E-state index contributed by atoms with van der Waals surface area (Å²) >= 11 is 0. The molecule has 0 bridgehead atoms. The van der Waals surface area contributed by atoms with Gasteiger partial charge in [-0.15, -0.1) is 0 Å². The maximum atomic E-state index is 12.6. The highest BCUT2D eigenvalue weighted by Gasteiger charge is 2.14. The van der Waals surface area contributed by atoms with Crippen molar-refractivity contribution in [2.24, 2.45) is 0 Å². The van der Waals surface area contributed by atoms with Gasteiger partial charge in [0.05, 0.1) is 0 Å². The summed E-state index contributed by atoms with van der Waals surface area (Å²) in [5, 5.41) is 0. The van der Waals surface area contributed by atoms with E-state index in [4.69, 9.17) is 4.74 Å². The maximum absolute atomic E-state index is 12.6. The average molecular weight is 170 g/mol. The Balaban J connectivity index is 4.46. The molecule has 0 aliphatic carbocycles. The third-order valence-corrected chi connectivity index (χ3v) is 0.953. The SMILES string of the molecule is C=C/C=C(/OC(C)(C)C)C(=C)F. The number of rotatable bonds is 3. The van der Waals surface area contributed by atoms with Gasteiger partial charge >= 0.3 is 0 Å². The molecular weight excluding hydrogens is 155 g/mol. The highest BCUT2D eigenvalue weighted by Crippen LogP contribution is 2.19. The van der Waals surface area contributed by atoms with Gasteiger partial charge in [0.25, 0.3) is 0 Å². The molecule has 0 saturated carbocycles. The molecule has 1 nitrogen and oxygen atoms in total. The predicted octanol–water partition coefficient (Wildman–Crippen LogP) is 3.35. The lowest BCUT2D eigenvalue weighted by molar-refractivity contribution is 0.0525. The van der Waals surface area contributed by atoms with Crippen LogP contribution >= 0.6 is 0 Å². The molecule has 0 rings (SSSR count). The first-order valence-corrected chi connectivity index (χ1v) is 3.73. The van der Waals surface area contributed by atoms with Crippen molar-refractivity contribution < 1.29 is 9.13 Å². The Labute approximate surface area is 73.2 Å². The van der Waals surface area contributed by atoms with Crippen molar-refractivity contribution in [3.05, 3.63) is 36.9 Å². The summed E-state index contributed by atoms with van der Waals surface area (Å²) in [6.45, 7) is 12.1. The molecule has 0 aromatic carbocycles. The van der Waals surface area contributed by atoms with E-state index >= 15 is 0 Å². The summed E-state index contributed by atoms with van der Waals surface area (Å²) in [4.78, 5) is 0. The molecule has 0 fully saturated rings. The summed E-state index contributed by atoms with van der Waals surface area (Å²) in [5.41, 5.74) is -0.413. The highest BCUT2D eigenvalue weighted by molar-refractivity contribution is 5.20. The first kappa shape index (κ1) is 11.0. The molecule has 0 aromatic heterocycles. The lowest BCUT2D eigenvalue weighted by atomic mass is 10.2. The number of halogens is 1. The molecule has 68 valence electrons. The largest absolute Gasteiger partial charge is 0.485 e. The minimum absolute atomic E-state index is 0.137. The van der Waals surface area contributed by atoms with Gasteiger partial charge in [0.1, 0.15) is 5.60 Å². The van der Waals surface area contributed by atoms with Crippen LogP contribution in [-0.2, 0) is 4.74 Å². The quantitative estimate of drug-likeness (QED) is 0.466. The highest BCUT2D eigenvalue weighted by atomic mass is 19.1. The van der Waals surface area contributed by atoms with Gasteiger partial charge in [-0.25, -0.2) is 4.39 Å². The molecule has 0 amide bonds.